The van der Waals surface area contributed by atoms with Crippen LogP contribution in [-0.4, -0.2) is 83.8 Å². The van der Waals surface area contributed by atoms with E-state index < -0.39 is 9.05 Å². The number of hydrogen-bond donors (Lipinski definition) is 4. The second kappa shape index (κ2) is 8.95. The summed E-state index contributed by atoms with van der Waals surface area (Å²) in [6.45, 7) is 2.25. The van der Waals surface area contributed by atoms with Gasteiger partial charge in [-0.25, -0.2) is 0 Å². The molecule has 0 atom stereocenters. The second-order valence-electron chi connectivity index (χ2n) is 1.95. The molecular formula is C4H13O4RbSi. The van der Waals surface area contributed by atoms with E-state index in [1.165, 1.54) is 12.8 Å². The smallest absolute Gasteiger partial charge is 0.368 e. The van der Waals surface area contributed by atoms with Gasteiger partial charge in [0.15, 0.2) is 0 Å². The molecule has 0 aliphatic carbocycles. The van der Waals surface area contributed by atoms with Gasteiger partial charge in [-0.2, -0.15) is 0 Å². The van der Waals surface area contributed by atoms with Gasteiger partial charge in [-0.3, -0.25) is 0 Å². The summed E-state index contributed by atoms with van der Waals surface area (Å²) in [6, 6.07) is 0. The summed E-state index contributed by atoms with van der Waals surface area (Å²) >= 11 is 0.982. The summed E-state index contributed by atoms with van der Waals surface area (Å²) in [7, 11) is -4.61. The number of unbranched alkanes of at least 4 members (excludes halogenated alkanes) is 1. The number of hydrogen-bond acceptors (Lipinski definition) is 4. The van der Waals surface area contributed by atoms with Gasteiger partial charge in [-0.15, -0.1) is 0 Å². The normalized spacial score (nSPS) is 10.3. The molecule has 0 aliphatic heterocycles. The molecular weight excluding hydrogens is 226 g/mol. The maximum atomic E-state index is 7.33. The summed E-state index contributed by atoms with van der Waals surface area (Å²) in [4.78, 5) is 29.3. The van der Waals surface area contributed by atoms with Gasteiger partial charge < -0.3 is 19.2 Å². The number of rotatable bonds is 2. The van der Waals surface area contributed by atoms with E-state index in [1.54, 1.807) is -0.511 Å². The third-order valence-electron chi connectivity index (χ3n) is 0.707. The Morgan fingerprint density at radius 3 is 1.50 bits per heavy atom. The van der Waals surface area contributed by atoms with E-state index in [-0.39, 0.29) is 0 Å². The zero-order chi connectivity index (χ0) is 8.62. The summed E-state index contributed by atoms with van der Waals surface area (Å²) in [5.41, 5.74) is 0. The van der Waals surface area contributed by atoms with Gasteiger partial charge in [0.2, 0.25) is 0 Å². The Morgan fingerprint density at radius 1 is 1.20 bits per heavy atom. The zero-order valence-electron chi connectivity index (χ0n) is 6.41. The molecule has 0 saturated carbocycles. The summed E-state index contributed by atoms with van der Waals surface area (Å²) in [6.07, 6.45) is 2.88. The van der Waals surface area contributed by atoms with Crippen LogP contribution in [0.15, 0.2) is 0 Å². The van der Waals surface area contributed by atoms with Gasteiger partial charge in [0.1, 0.15) is 0 Å². The van der Waals surface area contributed by atoms with Crippen molar-refractivity contribution in [3.63, 3.8) is 0 Å². The first-order chi connectivity index (χ1) is 4.41. The van der Waals surface area contributed by atoms with Crippen molar-refractivity contribution in [1.29, 1.82) is 0 Å². The topological polar surface area (TPSA) is 80.9 Å². The standard InChI is InChI=1S/C4H9.H4O4Si.Rb/c1-3-4-2;1-5(2,3)4;/h1,3-4H2,2H3;1-4H;. The Bertz CT molecular complexity index is 56.8. The van der Waals surface area contributed by atoms with Crippen LogP contribution >= 0.6 is 0 Å². The maximum absolute atomic E-state index is 7.33. The molecule has 0 rings (SSSR count). The third-order valence-corrected chi connectivity index (χ3v) is 2.45. The molecule has 0 aromatic carbocycles. The zero-order valence-corrected chi connectivity index (χ0v) is 12.3. The quantitative estimate of drug-likeness (QED) is 0.454. The Balaban J connectivity index is 0. The van der Waals surface area contributed by atoms with Crippen molar-refractivity contribution in [2.24, 2.45) is 0 Å². The van der Waals surface area contributed by atoms with Gasteiger partial charge >= 0.3 is 83.8 Å². The molecule has 4 nitrogen and oxygen atoms in total. The first-order valence-electron chi connectivity index (χ1n) is 3.31. The Morgan fingerprint density at radius 2 is 1.50 bits per heavy atom. The van der Waals surface area contributed by atoms with E-state index in [1.807, 2.05) is 0 Å². The van der Waals surface area contributed by atoms with E-state index in [2.05, 4.69) is 6.92 Å². The van der Waals surface area contributed by atoms with Gasteiger partial charge in [0.25, 0.3) is 0 Å². The molecule has 0 radical (unpaired) electrons. The second-order valence-corrected chi connectivity index (χ2v) is 5.61. The van der Waals surface area contributed by atoms with Crippen LogP contribution < -0.4 is 0 Å². The molecule has 0 spiro atoms. The van der Waals surface area contributed by atoms with Crippen LogP contribution in [0.1, 0.15) is 19.8 Å². The Kier molecular flexibility index (Phi) is 12.9. The largest absolute Gasteiger partial charge is 0.668 e. The molecule has 0 fully saturated rings. The molecule has 4 N–H and O–H groups in total. The predicted molar refractivity (Wildman–Crippen MR) is 40.1 cm³/mol. The minimum Gasteiger partial charge on any atom is -0.368 e. The summed E-state index contributed by atoms with van der Waals surface area (Å²) < 4.78 is 1.55. The average molecular weight is 239 g/mol. The monoisotopic (exact) mass is 238 g/mol. The minimum atomic E-state index is -4.61. The fourth-order valence-corrected chi connectivity index (χ4v) is 2.09. The van der Waals surface area contributed by atoms with E-state index in [0.29, 0.717) is 0 Å². The summed E-state index contributed by atoms with van der Waals surface area (Å²) in [5, 5.41) is 0. The van der Waals surface area contributed by atoms with Gasteiger partial charge in [-0.05, 0) is 0 Å². The molecule has 0 amide bonds. The minimum absolute atomic E-state index is 0.982. The molecule has 0 unspecified atom stereocenters. The predicted octanol–water partition coefficient (Wildman–Crippen LogP) is -1.24. The van der Waals surface area contributed by atoms with Crippen LogP contribution in [0.5, 0.6) is 0 Å². The molecule has 58 valence electrons. The Labute approximate surface area is 101 Å². The molecule has 10 heavy (non-hydrogen) atoms. The first-order valence-corrected chi connectivity index (χ1v) is 8.57. The summed E-state index contributed by atoms with van der Waals surface area (Å²) in [5.74, 6) is 0. The third kappa shape index (κ3) is 51.9. The van der Waals surface area contributed by atoms with Crippen molar-refractivity contribution in [2.75, 3.05) is 0 Å². The van der Waals surface area contributed by atoms with Crippen molar-refractivity contribution in [3.8, 4) is 0 Å². The van der Waals surface area contributed by atoms with Crippen molar-refractivity contribution in [2.45, 2.75) is 19.3 Å². The van der Waals surface area contributed by atoms with E-state index in [9.17, 15) is 0 Å². The molecule has 0 aromatic heterocycles. The molecule has 0 heterocycles. The van der Waals surface area contributed by atoms with Crippen molar-refractivity contribution < 1.29 is 19.2 Å². The van der Waals surface area contributed by atoms with Gasteiger partial charge in [-0.1, -0.05) is 0 Å². The fourth-order valence-electron chi connectivity index (χ4n) is 0.354. The molecule has 0 saturated heterocycles. The van der Waals surface area contributed by atoms with Crippen molar-refractivity contribution in [3.05, 3.63) is 0 Å². The molecule has 0 bridgehead atoms. The van der Waals surface area contributed by atoms with E-state index in [0.717, 1.165) is 55.5 Å². The average Bonchev–Trinajstić information content (AvgIpc) is 1.63. The van der Waals surface area contributed by atoms with Crippen LogP contribution in [-0.2, 0) is 0 Å². The van der Waals surface area contributed by atoms with Crippen LogP contribution in [0.25, 0.3) is 0 Å². The molecule has 0 aromatic rings. The maximum Gasteiger partial charge on any atom is 0.668 e. The van der Waals surface area contributed by atoms with Crippen LogP contribution in [0.3, 0.4) is 0 Å². The SMILES string of the molecule is CCC[CH2][Rb].O[Si](O)(O)O. The van der Waals surface area contributed by atoms with Crippen LogP contribution in [0, 0.1) is 0 Å². The Hall–Kier alpha value is 1.86. The molecule has 6 heteroatoms. The van der Waals surface area contributed by atoms with Crippen molar-refractivity contribution in [1.82, 2.24) is 0 Å². The van der Waals surface area contributed by atoms with Crippen LogP contribution in [0.2, 0.25) is -0.511 Å². The van der Waals surface area contributed by atoms with Gasteiger partial charge in [0.05, 0.1) is 0 Å². The fraction of sp³-hybridized carbons (Fsp3) is 1.00. The van der Waals surface area contributed by atoms with Crippen LogP contribution in [0.4, 0.5) is 0 Å². The van der Waals surface area contributed by atoms with Crippen molar-refractivity contribution >= 4 is 64.6 Å². The first kappa shape index (κ1) is 14.4. The molecule has 0 aliphatic rings. The van der Waals surface area contributed by atoms with E-state index in [4.69, 9.17) is 19.2 Å². The van der Waals surface area contributed by atoms with E-state index >= 15 is 0 Å². The van der Waals surface area contributed by atoms with Gasteiger partial charge in [0, 0.05) is 0 Å².